The summed E-state index contributed by atoms with van der Waals surface area (Å²) in [4.78, 5) is 0. The van der Waals surface area contributed by atoms with Crippen molar-refractivity contribution in [2.75, 3.05) is 7.11 Å². The molecule has 0 aliphatic heterocycles. The number of methoxy groups -OCH3 is 1. The SMILES string of the molecule is COc1cc(F)c(C=N[S@](=O)C(C)(C)C)c(F)c1. The summed E-state index contributed by atoms with van der Waals surface area (Å²) in [6.07, 6.45) is 0.950. The first-order chi connectivity index (χ1) is 8.25. The molecule has 0 heterocycles. The Balaban J connectivity index is 3.06. The number of halogens is 2. The van der Waals surface area contributed by atoms with Gasteiger partial charge in [0.25, 0.3) is 0 Å². The third kappa shape index (κ3) is 3.60. The molecule has 1 rings (SSSR count). The van der Waals surface area contributed by atoms with Gasteiger partial charge in [-0.3, -0.25) is 0 Å². The van der Waals surface area contributed by atoms with E-state index in [0.717, 1.165) is 18.3 Å². The van der Waals surface area contributed by atoms with Crippen molar-refractivity contribution in [1.82, 2.24) is 0 Å². The van der Waals surface area contributed by atoms with Gasteiger partial charge in [-0.25, -0.2) is 13.0 Å². The molecule has 0 bridgehead atoms. The molecule has 0 N–H and O–H groups in total. The van der Waals surface area contributed by atoms with Crippen LogP contribution in [-0.2, 0) is 11.0 Å². The lowest BCUT2D eigenvalue weighted by atomic mass is 10.2. The standard InChI is InChI=1S/C12H15F2NO2S/c1-12(2,3)18(16)15-7-9-10(13)5-8(17-4)6-11(9)14/h5-7H,1-4H3/t18-/m1/s1. The average Bonchev–Trinajstić information content (AvgIpc) is 2.25. The molecule has 0 saturated carbocycles. The molecule has 0 saturated heterocycles. The highest BCUT2D eigenvalue weighted by Crippen LogP contribution is 2.20. The first-order valence-electron chi connectivity index (χ1n) is 5.25. The minimum absolute atomic E-state index is 0.0825. The summed E-state index contributed by atoms with van der Waals surface area (Å²) < 4.78 is 46.5. The summed E-state index contributed by atoms with van der Waals surface area (Å²) in [5.74, 6) is -1.53. The van der Waals surface area contributed by atoms with Gasteiger partial charge in [-0.2, -0.15) is 4.40 Å². The Morgan fingerprint density at radius 3 is 2.17 bits per heavy atom. The molecular formula is C12H15F2NO2S. The van der Waals surface area contributed by atoms with Gasteiger partial charge in [0.05, 0.1) is 23.6 Å². The second-order valence-corrected chi connectivity index (χ2v) is 6.53. The second kappa shape index (κ2) is 5.56. The Morgan fingerprint density at radius 1 is 1.28 bits per heavy atom. The summed E-state index contributed by atoms with van der Waals surface area (Å²) in [5, 5.41) is 0. The van der Waals surface area contributed by atoms with E-state index in [2.05, 4.69) is 4.40 Å². The van der Waals surface area contributed by atoms with E-state index in [0.29, 0.717) is 0 Å². The van der Waals surface area contributed by atoms with Crippen LogP contribution in [0.3, 0.4) is 0 Å². The van der Waals surface area contributed by atoms with E-state index in [4.69, 9.17) is 4.74 Å². The number of hydrogen-bond acceptors (Lipinski definition) is 2. The highest BCUT2D eigenvalue weighted by Gasteiger charge is 2.19. The molecule has 0 fully saturated rings. The molecule has 0 aliphatic rings. The topological polar surface area (TPSA) is 38.7 Å². The highest BCUT2D eigenvalue weighted by molar-refractivity contribution is 7.85. The molecular weight excluding hydrogens is 260 g/mol. The fourth-order valence-electron chi connectivity index (χ4n) is 1.06. The third-order valence-electron chi connectivity index (χ3n) is 2.09. The third-order valence-corrected chi connectivity index (χ3v) is 3.43. The van der Waals surface area contributed by atoms with Gasteiger partial charge in [0.15, 0.2) is 0 Å². The normalized spacial score (nSPS) is 13.9. The molecule has 1 atom stereocenters. The molecule has 18 heavy (non-hydrogen) atoms. The molecule has 3 nitrogen and oxygen atoms in total. The first-order valence-corrected chi connectivity index (χ1v) is 6.35. The van der Waals surface area contributed by atoms with Gasteiger partial charge in [0.2, 0.25) is 0 Å². The van der Waals surface area contributed by atoms with Gasteiger partial charge in [-0.05, 0) is 20.8 Å². The molecule has 0 spiro atoms. The minimum Gasteiger partial charge on any atom is -0.497 e. The van der Waals surface area contributed by atoms with Crippen LogP contribution in [0, 0.1) is 11.6 Å². The van der Waals surface area contributed by atoms with E-state index < -0.39 is 27.4 Å². The molecule has 0 aliphatic carbocycles. The predicted molar refractivity (Wildman–Crippen MR) is 68.4 cm³/mol. The number of nitrogens with zero attached hydrogens (tertiary/aromatic N) is 1. The van der Waals surface area contributed by atoms with E-state index in [-0.39, 0.29) is 11.3 Å². The van der Waals surface area contributed by atoms with Gasteiger partial charge in [-0.15, -0.1) is 0 Å². The maximum Gasteiger partial charge on any atom is 0.144 e. The zero-order valence-electron chi connectivity index (χ0n) is 10.7. The molecule has 0 aromatic heterocycles. The lowest BCUT2D eigenvalue weighted by molar-refractivity contribution is 0.406. The van der Waals surface area contributed by atoms with Crippen molar-refractivity contribution >= 4 is 17.2 Å². The fourth-order valence-corrected chi connectivity index (χ4v) is 1.58. The summed E-state index contributed by atoms with van der Waals surface area (Å²) >= 11 is 0. The van der Waals surface area contributed by atoms with E-state index in [1.54, 1.807) is 20.8 Å². The first kappa shape index (κ1) is 14.8. The fraction of sp³-hybridized carbons (Fsp3) is 0.417. The van der Waals surface area contributed by atoms with E-state index in [1.807, 2.05) is 0 Å². The minimum atomic E-state index is -1.56. The Bertz CT molecular complexity index is 472. The van der Waals surface area contributed by atoms with E-state index in [9.17, 15) is 13.0 Å². The number of rotatable bonds is 3. The number of benzene rings is 1. The summed E-state index contributed by atoms with van der Waals surface area (Å²) in [7, 11) is -0.241. The lowest BCUT2D eigenvalue weighted by Gasteiger charge is -2.12. The van der Waals surface area contributed by atoms with Crippen molar-refractivity contribution in [3.63, 3.8) is 0 Å². The largest absolute Gasteiger partial charge is 0.497 e. The van der Waals surface area contributed by atoms with Crippen molar-refractivity contribution < 1.29 is 17.7 Å². The molecule has 0 unspecified atom stereocenters. The van der Waals surface area contributed by atoms with Crippen LogP contribution in [0.5, 0.6) is 5.75 Å². The van der Waals surface area contributed by atoms with Crippen LogP contribution < -0.4 is 4.74 Å². The number of hydrogen-bond donors (Lipinski definition) is 0. The summed E-state index contributed by atoms with van der Waals surface area (Å²) in [6.45, 7) is 5.17. The van der Waals surface area contributed by atoms with Gasteiger partial charge >= 0.3 is 0 Å². The molecule has 0 radical (unpaired) electrons. The van der Waals surface area contributed by atoms with Crippen molar-refractivity contribution in [2.45, 2.75) is 25.5 Å². The molecule has 1 aromatic carbocycles. The maximum absolute atomic E-state index is 13.5. The van der Waals surface area contributed by atoms with Gasteiger partial charge in [0, 0.05) is 12.1 Å². The average molecular weight is 275 g/mol. The summed E-state index contributed by atoms with van der Waals surface area (Å²) in [6, 6.07) is 2.09. The zero-order valence-corrected chi connectivity index (χ0v) is 11.5. The summed E-state index contributed by atoms with van der Waals surface area (Å²) in [5.41, 5.74) is -0.326. The highest BCUT2D eigenvalue weighted by atomic mass is 32.2. The van der Waals surface area contributed by atoms with Crippen LogP contribution in [0.1, 0.15) is 26.3 Å². The van der Waals surface area contributed by atoms with E-state index >= 15 is 0 Å². The maximum atomic E-state index is 13.5. The van der Waals surface area contributed by atoms with E-state index in [1.165, 1.54) is 7.11 Å². The lowest BCUT2D eigenvalue weighted by Crippen LogP contribution is -2.19. The Labute approximate surface area is 107 Å². The predicted octanol–water partition coefficient (Wildman–Crippen LogP) is 2.85. The van der Waals surface area contributed by atoms with Crippen molar-refractivity contribution in [2.24, 2.45) is 4.40 Å². The van der Waals surface area contributed by atoms with Gasteiger partial charge in [0.1, 0.15) is 28.4 Å². The quantitative estimate of drug-likeness (QED) is 0.796. The van der Waals surface area contributed by atoms with Crippen LogP contribution in [-0.4, -0.2) is 22.3 Å². The van der Waals surface area contributed by atoms with Gasteiger partial charge in [-0.1, -0.05) is 0 Å². The van der Waals surface area contributed by atoms with Crippen LogP contribution in [0.4, 0.5) is 8.78 Å². The number of ether oxygens (including phenoxy) is 1. The van der Waals surface area contributed by atoms with Crippen molar-refractivity contribution in [3.05, 3.63) is 29.3 Å². The van der Waals surface area contributed by atoms with Gasteiger partial charge < -0.3 is 4.74 Å². The van der Waals surface area contributed by atoms with Crippen LogP contribution >= 0.6 is 0 Å². The Hall–Kier alpha value is -1.30. The molecule has 0 amide bonds. The molecule has 1 aromatic rings. The second-order valence-electron chi connectivity index (χ2n) is 4.60. The van der Waals surface area contributed by atoms with Crippen molar-refractivity contribution in [3.8, 4) is 5.75 Å². The molecule has 6 heteroatoms. The monoisotopic (exact) mass is 275 g/mol. The van der Waals surface area contributed by atoms with Crippen LogP contribution in [0.15, 0.2) is 16.5 Å². The Kier molecular flexibility index (Phi) is 4.56. The van der Waals surface area contributed by atoms with Crippen LogP contribution in [0.2, 0.25) is 0 Å². The molecule has 100 valence electrons. The van der Waals surface area contributed by atoms with Crippen molar-refractivity contribution in [1.29, 1.82) is 0 Å². The smallest absolute Gasteiger partial charge is 0.144 e. The zero-order chi connectivity index (χ0) is 13.9. The van der Waals surface area contributed by atoms with Crippen LogP contribution in [0.25, 0.3) is 0 Å². The Morgan fingerprint density at radius 2 is 1.78 bits per heavy atom.